The normalized spacial score (nSPS) is 11.5. The van der Waals surface area contributed by atoms with Gasteiger partial charge in [-0.15, -0.1) is 0 Å². The molecular weight excluding hydrogens is 286 g/mol. The number of anilines is 1. The molecule has 0 atom stereocenters. The van der Waals surface area contributed by atoms with Crippen LogP contribution in [0.4, 0.5) is 5.69 Å². The van der Waals surface area contributed by atoms with Gasteiger partial charge in [0, 0.05) is 6.20 Å². The number of rotatable bonds is 7. The average molecular weight is 307 g/mol. The molecule has 1 aromatic heterocycles. The fraction of sp³-hybridized carbons (Fsp3) is 0.400. The molecule has 2 rings (SSSR count). The molecule has 0 saturated heterocycles. The van der Waals surface area contributed by atoms with Gasteiger partial charge in [0.1, 0.15) is 0 Å². The topological polar surface area (TPSA) is 64.0 Å². The summed E-state index contributed by atoms with van der Waals surface area (Å²) in [5.74, 6) is 0.145. The Bertz CT molecular complexity index is 692. The summed E-state index contributed by atoms with van der Waals surface area (Å²) in [6.45, 7) is 4.65. The molecule has 21 heavy (non-hydrogen) atoms. The number of aromatic nitrogens is 2. The molecule has 6 heteroatoms. The van der Waals surface area contributed by atoms with Crippen molar-refractivity contribution in [3.8, 4) is 0 Å². The van der Waals surface area contributed by atoms with Gasteiger partial charge in [-0.2, -0.15) is 5.10 Å². The third-order valence-corrected chi connectivity index (χ3v) is 4.64. The summed E-state index contributed by atoms with van der Waals surface area (Å²) in [6, 6.07) is 8.07. The number of nitrogens with one attached hydrogen (secondary N) is 1. The van der Waals surface area contributed by atoms with Crippen LogP contribution in [0.15, 0.2) is 36.7 Å². The van der Waals surface area contributed by atoms with Crippen molar-refractivity contribution in [2.24, 2.45) is 0 Å². The Hall–Kier alpha value is -1.82. The predicted octanol–water partition coefficient (Wildman–Crippen LogP) is 2.78. The molecule has 0 aliphatic carbocycles. The lowest BCUT2D eigenvalue weighted by atomic mass is 10.1. The Labute approximate surface area is 126 Å². The molecule has 0 aliphatic heterocycles. The molecule has 1 N–H and O–H groups in total. The summed E-state index contributed by atoms with van der Waals surface area (Å²) in [6.07, 6.45) is 4.78. The second kappa shape index (κ2) is 6.76. The van der Waals surface area contributed by atoms with Crippen LogP contribution in [0.5, 0.6) is 0 Å². The third-order valence-electron chi connectivity index (χ3n) is 3.27. The SMILES string of the molecule is CCCCS(=O)(=O)Nc1cnn(Cc2ccccc2C)c1. The highest BCUT2D eigenvalue weighted by molar-refractivity contribution is 7.92. The summed E-state index contributed by atoms with van der Waals surface area (Å²) in [7, 11) is -3.27. The molecule has 5 nitrogen and oxygen atoms in total. The Morgan fingerprint density at radius 2 is 2.05 bits per heavy atom. The number of benzene rings is 1. The van der Waals surface area contributed by atoms with Gasteiger partial charge in [0.15, 0.2) is 0 Å². The van der Waals surface area contributed by atoms with E-state index in [0.717, 1.165) is 6.42 Å². The smallest absolute Gasteiger partial charge is 0.232 e. The lowest BCUT2D eigenvalue weighted by Gasteiger charge is -2.06. The van der Waals surface area contributed by atoms with Crippen LogP contribution in [-0.4, -0.2) is 24.0 Å². The van der Waals surface area contributed by atoms with Gasteiger partial charge in [0.25, 0.3) is 0 Å². The molecule has 0 bridgehead atoms. The number of hydrogen-bond donors (Lipinski definition) is 1. The fourth-order valence-electron chi connectivity index (χ4n) is 2.03. The van der Waals surface area contributed by atoms with Crippen LogP contribution in [0.25, 0.3) is 0 Å². The molecule has 2 aromatic rings. The Morgan fingerprint density at radius 3 is 2.76 bits per heavy atom. The minimum Gasteiger partial charge on any atom is -0.280 e. The highest BCUT2D eigenvalue weighted by atomic mass is 32.2. The zero-order chi connectivity index (χ0) is 15.3. The molecule has 0 spiro atoms. The number of aryl methyl sites for hydroxylation is 1. The van der Waals surface area contributed by atoms with Gasteiger partial charge in [-0.05, 0) is 24.5 Å². The number of unbranched alkanes of at least 4 members (excludes halogenated alkanes) is 1. The maximum Gasteiger partial charge on any atom is 0.232 e. The molecular formula is C15H21N3O2S. The second-order valence-corrected chi connectivity index (χ2v) is 6.97. The molecule has 0 saturated carbocycles. The average Bonchev–Trinajstić information content (AvgIpc) is 2.86. The van der Waals surface area contributed by atoms with Gasteiger partial charge in [-0.25, -0.2) is 8.42 Å². The second-order valence-electron chi connectivity index (χ2n) is 5.13. The molecule has 1 heterocycles. The van der Waals surface area contributed by atoms with Crippen molar-refractivity contribution >= 4 is 15.7 Å². The molecule has 1 aromatic carbocycles. The van der Waals surface area contributed by atoms with E-state index in [0.29, 0.717) is 18.7 Å². The van der Waals surface area contributed by atoms with Crippen LogP contribution < -0.4 is 4.72 Å². The van der Waals surface area contributed by atoms with Gasteiger partial charge in [0.05, 0.1) is 24.2 Å². The molecule has 0 radical (unpaired) electrons. The molecule has 0 fully saturated rings. The highest BCUT2D eigenvalue weighted by Gasteiger charge is 2.11. The minimum absolute atomic E-state index is 0.145. The summed E-state index contributed by atoms with van der Waals surface area (Å²) in [5, 5.41) is 4.21. The van der Waals surface area contributed by atoms with Gasteiger partial charge < -0.3 is 0 Å². The van der Waals surface area contributed by atoms with Crippen LogP contribution in [0.3, 0.4) is 0 Å². The first-order valence-electron chi connectivity index (χ1n) is 7.07. The number of sulfonamides is 1. The standard InChI is InChI=1S/C15H21N3O2S/c1-3-4-9-21(19,20)17-15-10-16-18(12-15)11-14-8-6-5-7-13(14)2/h5-8,10,12,17H,3-4,9,11H2,1-2H3. The Balaban J connectivity index is 2.03. The van der Waals surface area contributed by atoms with E-state index in [2.05, 4.69) is 9.82 Å². The van der Waals surface area contributed by atoms with Gasteiger partial charge in [-0.1, -0.05) is 37.6 Å². The summed E-state index contributed by atoms with van der Waals surface area (Å²) >= 11 is 0. The van der Waals surface area contributed by atoms with Crippen LogP contribution in [-0.2, 0) is 16.6 Å². The monoisotopic (exact) mass is 307 g/mol. The number of hydrogen-bond acceptors (Lipinski definition) is 3. The van der Waals surface area contributed by atoms with E-state index in [-0.39, 0.29) is 5.75 Å². The van der Waals surface area contributed by atoms with E-state index < -0.39 is 10.0 Å². The first-order chi connectivity index (χ1) is 10.00. The van der Waals surface area contributed by atoms with Crippen LogP contribution >= 0.6 is 0 Å². The van der Waals surface area contributed by atoms with Crippen molar-refractivity contribution in [3.63, 3.8) is 0 Å². The van der Waals surface area contributed by atoms with Crippen molar-refractivity contribution in [3.05, 3.63) is 47.8 Å². The van der Waals surface area contributed by atoms with Crippen LogP contribution in [0.2, 0.25) is 0 Å². The van der Waals surface area contributed by atoms with Crippen molar-refractivity contribution in [1.82, 2.24) is 9.78 Å². The third kappa shape index (κ3) is 4.60. The van der Waals surface area contributed by atoms with Crippen molar-refractivity contribution in [1.29, 1.82) is 0 Å². The van der Waals surface area contributed by atoms with Crippen LogP contribution in [0, 0.1) is 6.92 Å². The van der Waals surface area contributed by atoms with E-state index in [9.17, 15) is 8.42 Å². The first kappa shape index (κ1) is 15.6. The molecule has 0 aliphatic rings. The van der Waals surface area contributed by atoms with E-state index in [1.54, 1.807) is 17.1 Å². The maximum atomic E-state index is 11.8. The highest BCUT2D eigenvalue weighted by Crippen LogP contribution is 2.12. The number of nitrogens with zero attached hydrogens (tertiary/aromatic N) is 2. The van der Waals surface area contributed by atoms with E-state index >= 15 is 0 Å². The maximum absolute atomic E-state index is 11.8. The molecule has 0 unspecified atom stereocenters. The van der Waals surface area contributed by atoms with Crippen molar-refractivity contribution < 1.29 is 8.42 Å². The fourth-order valence-corrected chi connectivity index (χ4v) is 3.27. The summed E-state index contributed by atoms with van der Waals surface area (Å²) in [5.41, 5.74) is 2.87. The Kier molecular flexibility index (Phi) is 5.01. The zero-order valence-electron chi connectivity index (χ0n) is 12.4. The lowest BCUT2D eigenvalue weighted by Crippen LogP contribution is -2.16. The molecule has 114 valence electrons. The quantitative estimate of drug-likeness (QED) is 0.855. The Morgan fingerprint density at radius 1 is 1.29 bits per heavy atom. The van der Waals surface area contributed by atoms with E-state index in [1.807, 2.05) is 38.1 Å². The minimum atomic E-state index is -3.27. The summed E-state index contributed by atoms with van der Waals surface area (Å²) < 4.78 is 28.0. The van der Waals surface area contributed by atoms with Crippen molar-refractivity contribution in [2.75, 3.05) is 10.5 Å². The zero-order valence-corrected chi connectivity index (χ0v) is 13.2. The van der Waals surface area contributed by atoms with E-state index in [1.165, 1.54) is 11.1 Å². The lowest BCUT2D eigenvalue weighted by molar-refractivity contribution is 0.598. The van der Waals surface area contributed by atoms with Gasteiger partial charge in [-0.3, -0.25) is 9.40 Å². The van der Waals surface area contributed by atoms with Gasteiger partial charge in [0.2, 0.25) is 10.0 Å². The largest absolute Gasteiger partial charge is 0.280 e. The van der Waals surface area contributed by atoms with Crippen LogP contribution in [0.1, 0.15) is 30.9 Å². The molecule has 0 amide bonds. The van der Waals surface area contributed by atoms with E-state index in [4.69, 9.17) is 0 Å². The van der Waals surface area contributed by atoms with Gasteiger partial charge >= 0.3 is 0 Å². The summed E-state index contributed by atoms with van der Waals surface area (Å²) in [4.78, 5) is 0. The first-order valence-corrected chi connectivity index (χ1v) is 8.73. The van der Waals surface area contributed by atoms with Crippen molar-refractivity contribution in [2.45, 2.75) is 33.2 Å². The predicted molar refractivity (Wildman–Crippen MR) is 84.8 cm³/mol.